The maximum absolute atomic E-state index is 16.8. The molecule has 1 aromatic heterocycles. The smallest absolute Gasteiger partial charge is 0.457 e. The molecule has 0 saturated carbocycles. The van der Waals surface area contributed by atoms with E-state index >= 15 is 8.78 Å². The number of aromatic amines is 1. The van der Waals surface area contributed by atoms with Crippen molar-refractivity contribution in [2.45, 2.75) is 84.7 Å². The van der Waals surface area contributed by atoms with Crippen molar-refractivity contribution in [3.63, 3.8) is 0 Å². The van der Waals surface area contributed by atoms with Crippen LogP contribution in [0.25, 0.3) is 16.6 Å². The molecule has 16 heteroatoms. The number of ketones is 1. The van der Waals surface area contributed by atoms with Crippen molar-refractivity contribution < 1.29 is 50.8 Å². The van der Waals surface area contributed by atoms with Gasteiger partial charge in [0.25, 0.3) is 0 Å². The Labute approximate surface area is 389 Å². The Morgan fingerprint density at radius 3 is 2.40 bits per heavy atom. The van der Waals surface area contributed by atoms with E-state index in [4.69, 9.17) is 23.0 Å². The molecule has 3 aromatic rings. The van der Waals surface area contributed by atoms with Crippen molar-refractivity contribution in [2.24, 2.45) is 5.92 Å². The Balaban J connectivity index is 1.16. The Morgan fingerprint density at radius 2 is 1.69 bits per heavy atom. The number of aromatic nitrogens is 1. The highest BCUT2D eigenvalue weighted by Crippen LogP contribution is 2.55. The number of carbonyl (C=O) groups excluding carboxylic acids is 3. The Morgan fingerprint density at radius 1 is 0.955 bits per heavy atom. The first kappa shape index (κ1) is 47.8. The van der Waals surface area contributed by atoms with Gasteiger partial charge in [-0.05, 0) is 89.3 Å². The van der Waals surface area contributed by atoms with Gasteiger partial charge in [-0.25, -0.2) is 27.5 Å². The van der Waals surface area contributed by atoms with Gasteiger partial charge in [0.15, 0.2) is 17.4 Å². The van der Waals surface area contributed by atoms with Crippen LogP contribution < -0.4 is 4.90 Å². The molecule has 1 amide bonds. The summed E-state index contributed by atoms with van der Waals surface area (Å²) in [6.07, 6.45) is 14.9. The topological polar surface area (TPSA) is 140 Å². The summed E-state index contributed by atoms with van der Waals surface area (Å²) in [4.78, 5) is 49.7. The van der Waals surface area contributed by atoms with Gasteiger partial charge in [-0.3, -0.25) is 18.7 Å². The average molecular weight is 939 g/mol. The lowest BCUT2D eigenvalue weighted by Crippen LogP contribution is -2.34. The van der Waals surface area contributed by atoms with Crippen LogP contribution in [0.4, 0.5) is 19.3 Å². The number of hydrogen-bond acceptors (Lipinski definition) is 11. The van der Waals surface area contributed by atoms with Crippen molar-refractivity contribution in [3.8, 4) is 0 Å². The van der Waals surface area contributed by atoms with Crippen LogP contribution in [0.3, 0.4) is 0 Å². The summed E-state index contributed by atoms with van der Waals surface area (Å²) in [6.45, 7) is 11.5. The summed E-state index contributed by atoms with van der Waals surface area (Å²) in [5, 5.41) is -0.0425. The molecule has 0 spiro atoms. The monoisotopic (exact) mass is 938 g/mol. The Hall–Kier alpha value is -5.70. The van der Waals surface area contributed by atoms with Crippen molar-refractivity contribution in [3.05, 3.63) is 141 Å². The number of likely N-dealkylation sites (tertiary alicyclic amines) is 2. The number of H-pyrrole nitrogens is 1. The Bertz CT molecular complexity index is 2750. The second kappa shape index (κ2) is 18.8. The number of anilines is 1. The molecule has 5 aliphatic rings. The fourth-order valence-corrected chi connectivity index (χ4v) is 10.9. The number of carbonyl (C=O) groups is 3. The van der Waals surface area contributed by atoms with Gasteiger partial charge in [-0.1, -0.05) is 72.9 Å². The highest BCUT2D eigenvalue weighted by atomic mass is 31.2. The molecule has 0 radical (unpaired) electrons. The second-order valence-electron chi connectivity index (χ2n) is 19.5. The number of phosphoric ester groups is 1. The summed E-state index contributed by atoms with van der Waals surface area (Å²) < 4.78 is 74.2. The first-order chi connectivity index (χ1) is 31.7. The fraction of sp³-hybridized carbons (Fsp3) is 0.392. The van der Waals surface area contributed by atoms with E-state index in [0.717, 1.165) is 52.8 Å². The van der Waals surface area contributed by atoms with E-state index in [-0.39, 0.29) is 41.2 Å². The van der Waals surface area contributed by atoms with Gasteiger partial charge in [0, 0.05) is 68.5 Å². The van der Waals surface area contributed by atoms with Crippen molar-refractivity contribution in [1.82, 2.24) is 14.8 Å². The molecule has 2 saturated heterocycles. The van der Waals surface area contributed by atoms with E-state index < -0.39 is 55.3 Å². The molecule has 1 N–H and O–H groups in total. The minimum absolute atomic E-state index is 0.00658. The van der Waals surface area contributed by atoms with E-state index in [0.29, 0.717) is 41.4 Å². The third kappa shape index (κ3) is 10.6. The molecule has 0 unspecified atom stereocenters. The number of rotatable bonds is 11. The third-order valence-corrected chi connectivity index (χ3v) is 13.9. The molecule has 2 fully saturated rings. The molecule has 3 aliphatic carbocycles. The molecule has 2 bridgehead atoms. The first-order valence-corrected chi connectivity index (χ1v) is 23.9. The fourth-order valence-electron chi connectivity index (χ4n) is 9.23. The highest BCUT2D eigenvalue weighted by molar-refractivity contribution is 7.48. The number of nitrogens with zero attached hydrogens (tertiary/aromatic N) is 3. The maximum Gasteiger partial charge on any atom is 0.478 e. The van der Waals surface area contributed by atoms with Crippen molar-refractivity contribution in [2.75, 3.05) is 45.4 Å². The minimum Gasteiger partial charge on any atom is -0.457 e. The number of benzene rings is 2. The van der Waals surface area contributed by atoms with Crippen LogP contribution in [0, 0.1) is 17.6 Å². The van der Waals surface area contributed by atoms with E-state index in [1.54, 1.807) is 47.6 Å². The highest BCUT2D eigenvalue weighted by Gasteiger charge is 2.44. The molecule has 67 heavy (non-hydrogen) atoms. The quantitative estimate of drug-likeness (QED) is 0.0850. The van der Waals surface area contributed by atoms with Crippen LogP contribution >= 0.6 is 7.82 Å². The predicted molar refractivity (Wildman–Crippen MR) is 252 cm³/mol. The average Bonchev–Trinajstić information content (AvgIpc) is 3.83. The SMILES string of the molecule is CN1C[C@@H]2CCN(C3=C(C4=CC5=C/C(=C\C=C(\C(=O)OCc6ccccc6)C(=O)C5)C=C4)C=CCc4[nH]c5c(N(C)C(=O)OCOP(=O)(OC(C)(C)C)OC(C)(C)C)cc(F)c(F)c5c43)[C@@H]2C1. The van der Waals surface area contributed by atoms with Gasteiger partial charge in [-0.2, -0.15) is 0 Å². The second-order valence-corrected chi connectivity index (χ2v) is 21.0. The molecule has 2 aliphatic heterocycles. The number of phosphoric acid groups is 1. The number of nitrogens with one attached hydrogen (secondary N) is 1. The van der Waals surface area contributed by atoms with Crippen molar-refractivity contribution >= 4 is 48.0 Å². The normalized spacial score (nSPS) is 21.6. The zero-order valence-electron chi connectivity index (χ0n) is 39.1. The van der Waals surface area contributed by atoms with E-state index in [1.807, 2.05) is 66.8 Å². The summed E-state index contributed by atoms with van der Waals surface area (Å²) in [6, 6.07) is 10.2. The molecule has 13 nitrogen and oxygen atoms in total. The number of Topliss-reactive ketones (excluding diaryl/α,β-unsaturated/α-hetero) is 1. The third-order valence-electron chi connectivity index (χ3n) is 11.9. The molecular formula is C51H57F2N4O9P. The van der Waals surface area contributed by atoms with Crippen LogP contribution in [0.5, 0.6) is 0 Å². The number of likely N-dealkylation sites (N-methyl/N-ethyl adjacent to an activating group) is 1. The Kier molecular flexibility index (Phi) is 13.4. The summed E-state index contributed by atoms with van der Waals surface area (Å²) in [5.74, 6) is -3.06. The number of amides is 1. The molecular weight excluding hydrogens is 882 g/mol. The van der Waals surface area contributed by atoms with E-state index in [2.05, 4.69) is 21.8 Å². The maximum atomic E-state index is 16.8. The van der Waals surface area contributed by atoms with Gasteiger partial charge >= 0.3 is 19.9 Å². The van der Waals surface area contributed by atoms with E-state index in [9.17, 15) is 18.9 Å². The van der Waals surface area contributed by atoms with Gasteiger partial charge in [-0.15, -0.1) is 0 Å². The molecule has 2 aromatic carbocycles. The lowest BCUT2D eigenvalue weighted by atomic mass is 9.93. The largest absolute Gasteiger partial charge is 0.478 e. The zero-order chi connectivity index (χ0) is 48.0. The van der Waals surface area contributed by atoms with E-state index in [1.165, 1.54) is 13.1 Å². The number of hydrogen-bond donors (Lipinski definition) is 1. The van der Waals surface area contributed by atoms with Gasteiger partial charge < -0.3 is 24.3 Å². The van der Waals surface area contributed by atoms with Gasteiger partial charge in [0.2, 0.25) is 6.79 Å². The number of halogens is 2. The standard InChI is InChI=1S/C51H57F2N4O9P/c1-50(2,3)65-67(61,66-51(4,5)6)64-30-63-49(60)56(8)40-26-38(52)45(53)44-43-39(54-46(40)44)16-12-15-36(47(43)57-22-21-35-27-55(7)28-41(35)57)34-19-17-31-18-20-37(42(58)25-33(23-31)24-34)48(59)62-29-32-13-10-9-11-14-32/h9-15,17-20,23-24,26,35,41,54H,16,21-22,25,27-30H2,1-8H3/b31-18-,37-20+/t35-,41+/m0/s1. The zero-order valence-corrected chi connectivity index (χ0v) is 40.0. The van der Waals surface area contributed by atoms with Gasteiger partial charge in [0.1, 0.15) is 12.2 Å². The number of allylic oxidation sites excluding steroid dienone is 12. The number of ether oxygens (including phenoxy) is 2. The summed E-state index contributed by atoms with van der Waals surface area (Å²) in [7, 11) is -0.819. The lowest BCUT2D eigenvalue weighted by Gasteiger charge is -2.31. The number of fused-ring (bicyclic) bond motifs is 5. The number of esters is 1. The van der Waals surface area contributed by atoms with Crippen LogP contribution in [-0.2, 0) is 50.2 Å². The van der Waals surface area contributed by atoms with Crippen LogP contribution in [0.2, 0.25) is 0 Å². The molecule has 3 heterocycles. The van der Waals surface area contributed by atoms with Crippen LogP contribution in [0.1, 0.15) is 71.2 Å². The molecule has 354 valence electrons. The lowest BCUT2D eigenvalue weighted by molar-refractivity contribution is -0.141. The summed E-state index contributed by atoms with van der Waals surface area (Å²) in [5.41, 5.74) is 3.62. The van der Waals surface area contributed by atoms with Crippen LogP contribution in [0.15, 0.2) is 113 Å². The van der Waals surface area contributed by atoms with Crippen molar-refractivity contribution in [1.29, 1.82) is 0 Å². The minimum atomic E-state index is -4.25. The molecule has 8 rings (SSSR count). The molecule has 2 atom stereocenters. The van der Waals surface area contributed by atoms with Gasteiger partial charge in [0.05, 0.1) is 33.5 Å². The van der Waals surface area contributed by atoms with Crippen LogP contribution in [-0.4, -0.2) is 90.4 Å². The first-order valence-electron chi connectivity index (χ1n) is 22.4. The predicted octanol–water partition coefficient (Wildman–Crippen LogP) is 10.2. The summed E-state index contributed by atoms with van der Waals surface area (Å²) >= 11 is 0.